The van der Waals surface area contributed by atoms with Crippen molar-refractivity contribution in [3.05, 3.63) is 29.6 Å². The third-order valence-corrected chi connectivity index (χ3v) is 3.69. The Hall–Kier alpha value is -1.62. The van der Waals surface area contributed by atoms with Crippen LogP contribution in [0.2, 0.25) is 0 Å². The molecule has 1 saturated carbocycles. The van der Waals surface area contributed by atoms with Crippen molar-refractivity contribution in [1.82, 2.24) is 5.32 Å². The van der Waals surface area contributed by atoms with Crippen LogP contribution in [0.5, 0.6) is 5.75 Å². The Labute approximate surface area is 111 Å². The number of carbonyl (C=O) groups is 1. The molecule has 1 aliphatic carbocycles. The molecule has 0 aromatic heterocycles. The quantitative estimate of drug-likeness (QED) is 0.858. The normalized spacial score (nSPS) is 16.7. The van der Waals surface area contributed by atoms with Gasteiger partial charge in [-0.05, 0) is 25.0 Å². The summed E-state index contributed by atoms with van der Waals surface area (Å²) in [5.74, 6) is -1.37. The van der Waals surface area contributed by atoms with Gasteiger partial charge in [0, 0.05) is 25.1 Å². The Morgan fingerprint density at radius 1 is 1.53 bits per heavy atom. The van der Waals surface area contributed by atoms with Crippen LogP contribution in [-0.4, -0.2) is 31.3 Å². The van der Waals surface area contributed by atoms with Gasteiger partial charge in [-0.3, -0.25) is 4.79 Å². The molecule has 0 unspecified atom stereocenters. The number of phenolic OH excluding ortho intramolecular Hbond substituents is 1. The van der Waals surface area contributed by atoms with Gasteiger partial charge in [0.1, 0.15) is 11.6 Å². The lowest BCUT2D eigenvalue weighted by Gasteiger charge is -2.41. The third-order valence-electron chi connectivity index (χ3n) is 3.69. The highest BCUT2D eigenvalue weighted by Gasteiger charge is 2.37. The molecule has 1 amide bonds. The van der Waals surface area contributed by atoms with E-state index in [1.807, 2.05) is 0 Å². The van der Waals surface area contributed by atoms with Crippen LogP contribution in [0.3, 0.4) is 0 Å². The Kier molecular flexibility index (Phi) is 4.04. The average Bonchev–Trinajstić information content (AvgIpc) is 2.32. The van der Waals surface area contributed by atoms with E-state index in [1.54, 1.807) is 7.11 Å². The number of hydrogen-bond acceptors (Lipinski definition) is 3. The zero-order valence-corrected chi connectivity index (χ0v) is 10.9. The fourth-order valence-corrected chi connectivity index (χ4v) is 2.41. The monoisotopic (exact) mass is 267 g/mol. The first-order valence-corrected chi connectivity index (χ1v) is 6.32. The predicted octanol–water partition coefficient (Wildman–Crippen LogP) is 2.08. The topological polar surface area (TPSA) is 58.6 Å². The molecule has 4 nitrogen and oxygen atoms in total. The third kappa shape index (κ3) is 3.04. The molecule has 0 spiro atoms. The number of benzene rings is 1. The molecular formula is C14H18FNO3. The van der Waals surface area contributed by atoms with Crippen LogP contribution in [0, 0.1) is 11.2 Å². The predicted molar refractivity (Wildman–Crippen MR) is 68.6 cm³/mol. The van der Waals surface area contributed by atoms with Crippen LogP contribution in [-0.2, 0) is 4.74 Å². The second-order valence-corrected chi connectivity index (χ2v) is 5.13. The number of methoxy groups -OCH3 is 1. The minimum atomic E-state index is -0.716. The molecule has 2 N–H and O–H groups in total. The highest BCUT2D eigenvalue weighted by atomic mass is 19.1. The molecule has 1 fully saturated rings. The van der Waals surface area contributed by atoms with Gasteiger partial charge >= 0.3 is 0 Å². The van der Waals surface area contributed by atoms with Crippen molar-refractivity contribution in [2.24, 2.45) is 5.41 Å². The Balaban J connectivity index is 1.97. The number of hydrogen-bond donors (Lipinski definition) is 2. The average molecular weight is 267 g/mol. The number of carbonyl (C=O) groups excluding carboxylic acids is 1. The molecule has 0 radical (unpaired) electrons. The number of phenols is 1. The molecule has 0 aliphatic heterocycles. The summed E-state index contributed by atoms with van der Waals surface area (Å²) in [6.07, 6.45) is 3.16. The zero-order valence-electron chi connectivity index (χ0n) is 10.9. The van der Waals surface area contributed by atoms with Gasteiger partial charge in [0.25, 0.3) is 5.91 Å². The smallest absolute Gasteiger partial charge is 0.254 e. The molecule has 0 bridgehead atoms. The first kappa shape index (κ1) is 13.8. The standard InChI is InChI=1S/C14H18FNO3/c1-19-9-14(5-2-6-14)8-16-13(18)11-4-3-10(17)7-12(11)15/h3-4,7,17H,2,5-6,8-9H2,1H3,(H,16,18). The molecule has 1 aromatic rings. The fourth-order valence-electron chi connectivity index (χ4n) is 2.41. The second-order valence-electron chi connectivity index (χ2n) is 5.13. The van der Waals surface area contributed by atoms with E-state index in [0.717, 1.165) is 25.3 Å². The zero-order chi connectivity index (χ0) is 13.9. The molecule has 2 rings (SSSR count). The number of nitrogens with one attached hydrogen (secondary N) is 1. The van der Waals surface area contributed by atoms with Crippen LogP contribution in [0.25, 0.3) is 0 Å². The summed E-state index contributed by atoms with van der Waals surface area (Å²) in [5.41, 5.74) is -0.0534. The molecule has 1 aromatic carbocycles. The van der Waals surface area contributed by atoms with Gasteiger partial charge in [0.2, 0.25) is 0 Å². The maximum Gasteiger partial charge on any atom is 0.254 e. The molecule has 0 saturated heterocycles. The van der Waals surface area contributed by atoms with Gasteiger partial charge in [0.15, 0.2) is 0 Å². The molecule has 5 heteroatoms. The van der Waals surface area contributed by atoms with Crippen molar-refractivity contribution in [1.29, 1.82) is 0 Å². The van der Waals surface area contributed by atoms with Gasteiger partial charge < -0.3 is 15.2 Å². The summed E-state index contributed by atoms with van der Waals surface area (Å²) in [5, 5.41) is 11.9. The molecular weight excluding hydrogens is 249 g/mol. The van der Waals surface area contributed by atoms with Crippen LogP contribution >= 0.6 is 0 Å². The van der Waals surface area contributed by atoms with Crippen molar-refractivity contribution in [2.45, 2.75) is 19.3 Å². The number of aromatic hydroxyl groups is 1. The van der Waals surface area contributed by atoms with Gasteiger partial charge in [0.05, 0.1) is 12.2 Å². The van der Waals surface area contributed by atoms with E-state index in [-0.39, 0.29) is 16.7 Å². The molecule has 19 heavy (non-hydrogen) atoms. The van der Waals surface area contributed by atoms with Gasteiger partial charge in [-0.2, -0.15) is 0 Å². The first-order chi connectivity index (χ1) is 9.06. The second kappa shape index (κ2) is 5.57. The van der Waals surface area contributed by atoms with Crippen LogP contribution < -0.4 is 5.32 Å². The van der Waals surface area contributed by atoms with Crippen molar-refractivity contribution in [3.63, 3.8) is 0 Å². The maximum atomic E-state index is 13.5. The minimum absolute atomic E-state index is 0.00218. The largest absolute Gasteiger partial charge is 0.508 e. The summed E-state index contributed by atoms with van der Waals surface area (Å²) in [6.45, 7) is 1.09. The molecule has 0 atom stereocenters. The van der Waals surface area contributed by atoms with Gasteiger partial charge in [-0.1, -0.05) is 6.42 Å². The molecule has 104 valence electrons. The van der Waals surface area contributed by atoms with E-state index < -0.39 is 11.7 Å². The van der Waals surface area contributed by atoms with Gasteiger partial charge in [-0.15, -0.1) is 0 Å². The molecule has 1 aliphatic rings. The summed E-state index contributed by atoms with van der Waals surface area (Å²) >= 11 is 0. The van der Waals surface area contributed by atoms with Crippen molar-refractivity contribution < 1.29 is 19.0 Å². The lowest BCUT2D eigenvalue weighted by molar-refractivity contribution is 0.0179. The number of halogens is 1. The maximum absolute atomic E-state index is 13.5. The van der Waals surface area contributed by atoms with E-state index in [1.165, 1.54) is 12.1 Å². The summed E-state index contributed by atoms with van der Waals surface area (Å²) < 4.78 is 18.7. The minimum Gasteiger partial charge on any atom is -0.508 e. The first-order valence-electron chi connectivity index (χ1n) is 6.32. The summed E-state index contributed by atoms with van der Waals surface area (Å²) in [4.78, 5) is 11.9. The Morgan fingerprint density at radius 3 is 2.79 bits per heavy atom. The highest BCUT2D eigenvalue weighted by molar-refractivity contribution is 5.94. The lowest BCUT2D eigenvalue weighted by Crippen LogP contribution is -2.45. The van der Waals surface area contributed by atoms with Crippen LogP contribution in [0.1, 0.15) is 29.6 Å². The van der Waals surface area contributed by atoms with Crippen molar-refractivity contribution in [3.8, 4) is 5.75 Å². The van der Waals surface area contributed by atoms with Crippen molar-refractivity contribution in [2.75, 3.05) is 20.3 Å². The fraction of sp³-hybridized carbons (Fsp3) is 0.500. The van der Waals surface area contributed by atoms with Crippen LogP contribution in [0.15, 0.2) is 18.2 Å². The summed E-state index contributed by atoms with van der Waals surface area (Å²) in [7, 11) is 1.64. The van der Waals surface area contributed by atoms with Crippen LogP contribution in [0.4, 0.5) is 4.39 Å². The lowest BCUT2D eigenvalue weighted by atomic mass is 9.69. The summed E-state index contributed by atoms with van der Waals surface area (Å²) in [6, 6.07) is 3.51. The van der Waals surface area contributed by atoms with Gasteiger partial charge in [-0.25, -0.2) is 4.39 Å². The number of amides is 1. The van der Waals surface area contributed by atoms with E-state index >= 15 is 0 Å². The van der Waals surface area contributed by atoms with E-state index in [9.17, 15) is 9.18 Å². The number of rotatable bonds is 5. The molecule has 0 heterocycles. The number of ether oxygens (including phenoxy) is 1. The van der Waals surface area contributed by atoms with E-state index in [4.69, 9.17) is 9.84 Å². The Bertz CT molecular complexity index is 472. The Morgan fingerprint density at radius 2 is 2.26 bits per heavy atom. The van der Waals surface area contributed by atoms with Crippen molar-refractivity contribution >= 4 is 5.91 Å². The van der Waals surface area contributed by atoms with E-state index in [0.29, 0.717) is 13.2 Å². The highest BCUT2D eigenvalue weighted by Crippen LogP contribution is 2.40. The SMILES string of the molecule is COCC1(CNC(=O)c2ccc(O)cc2F)CCC1. The van der Waals surface area contributed by atoms with E-state index in [2.05, 4.69) is 5.32 Å².